The monoisotopic (exact) mass is 372 g/mol. The molecule has 4 rings (SSSR count). The first-order valence-corrected chi connectivity index (χ1v) is 10.2. The van der Waals surface area contributed by atoms with Crippen LogP contribution in [-0.4, -0.2) is 83.1 Å². The molecular formula is C21H32N4O2. The van der Waals surface area contributed by atoms with Gasteiger partial charge in [0.2, 0.25) is 5.91 Å². The molecule has 1 aromatic heterocycles. The molecule has 6 nitrogen and oxygen atoms in total. The van der Waals surface area contributed by atoms with Gasteiger partial charge in [0, 0.05) is 45.5 Å². The lowest BCUT2D eigenvalue weighted by molar-refractivity contribution is -0.208. The summed E-state index contributed by atoms with van der Waals surface area (Å²) in [6.07, 6.45) is 4.37. The van der Waals surface area contributed by atoms with E-state index in [-0.39, 0.29) is 17.6 Å². The smallest absolute Gasteiger partial charge is 0.242 e. The number of likely N-dealkylation sites (N-methyl/N-ethyl adjacent to an activating group) is 1. The standard InChI is InChI=1S/C21H32N4O2/c1-16(2)25-14-21(15-25)13-24(10-17-7-8-17)19(12-27-21)20(26)23(3)11-18-6-4-5-9-22-18/h4-6,9,16-17,19H,7-8,10-15H2,1-3H3. The highest BCUT2D eigenvalue weighted by Crippen LogP contribution is 2.36. The molecule has 0 bridgehead atoms. The molecule has 2 saturated heterocycles. The zero-order valence-electron chi connectivity index (χ0n) is 16.8. The van der Waals surface area contributed by atoms with Crippen LogP contribution in [-0.2, 0) is 16.1 Å². The van der Waals surface area contributed by atoms with Crippen molar-refractivity contribution < 1.29 is 9.53 Å². The van der Waals surface area contributed by atoms with E-state index in [1.807, 2.05) is 25.2 Å². The maximum atomic E-state index is 13.2. The van der Waals surface area contributed by atoms with Gasteiger partial charge in [-0.05, 0) is 44.7 Å². The summed E-state index contributed by atoms with van der Waals surface area (Å²) in [5, 5.41) is 0. The van der Waals surface area contributed by atoms with Crippen LogP contribution < -0.4 is 0 Å². The van der Waals surface area contributed by atoms with Gasteiger partial charge >= 0.3 is 0 Å². The van der Waals surface area contributed by atoms with E-state index in [4.69, 9.17) is 4.74 Å². The summed E-state index contributed by atoms with van der Waals surface area (Å²) in [6.45, 7) is 9.38. The highest BCUT2D eigenvalue weighted by Gasteiger charge is 2.51. The van der Waals surface area contributed by atoms with E-state index in [9.17, 15) is 4.79 Å². The number of amides is 1. The maximum absolute atomic E-state index is 13.2. The molecule has 2 aliphatic heterocycles. The topological polar surface area (TPSA) is 48.9 Å². The van der Waals surface area contributed by atoms with Crippen LogP contribution in [0.1, 0.15) is 32.4 Å². The van der Waals surface area contributed by atoms with Crippen molar-refractivity contribution in [3.63, 3.8) is 0 Å². The van der Waals surface area contributed by atoms with Crippen LogP contribution >= 0.6 is 0 Å². The first-order valence-electron chi connectivity index (χ1n) is 10.2. The van der Waals surface area contributed by atoms with E-state index in [2.05, 4.69) is 28.6 Å². The largest absolute Gasteiger partial charge is 0.369 e. The van der Waals surface area contributed by atoms with Crippen molar-refractivity contribution in [3.8, 4) is 0 Å². The van der Waals surface area contributed by atoms with Crippen molar-refractivity contribution in [1.29, 1.82) is 0 Å². The van der Waals surface area contributed by atoms with E-state index >= 15 is 0 Å². The van der Waals surface area contributed by atoms with E-state index in [1.54, 1.807) is 11.1 Å². The molecule has 0 aromatic carbocycles. The van der Waals surface area contributed by atoms with Gasteiger partial charge in [-0.15, -0.1) is 0 Å². The number of pyridine rings is 1. The predicted octanol–water partition coefficient (Wildman–Crippen LogP) is 1.61. The average Bonchev–Trinajstić information content (AvgIpc) is 3.43. The number of carbonyl (C=O) groups is 1. The van der Waals surface area contributed by atoms with Crippen molar-refractivity contribution in [2.75, 3.05) is 39.8 Å². The number of carbonyl (C=O) groups excluding carboxylic acids is 1. The highest BCUT2D eigenvalue weighted by molar-refractivity contribution is 5.82. The van der Waals surface area contributed by atoms with Gasteiger partial charge in [0.15, 0.2) is 0 Å². The molecule has 0 N–H and O–H groups in total. The summed E-state index contributed by atoms with van der Waals surface area (Å²) in [7, 11) is 1.88. The molecule has 3 fully saturated rings. The van der Waals surface area contributed by atoms with Crippen LogP contribution in [0.5, 0.6) is 0 Å². The van der Waals surface area contributed by atoms with Gasteiger partial charge in [-0.2, -0.15) is 0 Å². The van der Waals surface area contributed by atoms with Gasteiger partial charge < -0.3 is 9.64 Å². The number of hydrogen-bond donors (Lipinski definition) is 0. The molecule has 1 unspecified atom stereocenters. The molecule has 1 atom stereocenters. The Morgan fingerprint density at radius 1 is 1.33 bits per heavy atom. The van der Waals surface area contributed by atoms with Gasteiger partial charge in [0.1, 0.15) is 11.6 Å². The number of hydrogen-bond acceptors (Lipinski definition) is 5. The molecule has 148 valence electrons. The van der Waals surface area contributed by atoms with Crippen LogP contribution in [0.2, 0.25) is 0 Å². The van der Waals surface area contributed by atoms with Gasteiger partial charge in [-0.1, -0.05) is 6.07 Å². The first-order chi connectivity index (χ1) is 13.0. The Morgan fingerprint density at radius 3 is 2.74 bits per heavy atom. The molecule has 3 heterocycles. The third kappa shape index (κ3) is 4.18. The molecule has 1 saturated carbocycles. The van der Waals surface area contributed by atoms with E-state index in [0.29, 0.717) is 19.2 Å². The fourth-order valence-corrected chi connectivity index (χ4v) is 4.26. The van der Waals surface area contributed by atoms with E-state index in [0.717, 1.165) is 37.8 Å². The number of ether oxygens (including phenoxy) is 1. The third-order valence-electron chi connectivity index (χ3n) is 6.17. The Morgan fingerprint density at radius 2 is 2.11 bits per heavy atom. The van der Waals surface area contributed by atoms with Gasteiger partial charge in [-0.3, -0.25) is 19.6 Å². The fourth-order valence-electron chi connectivity index (χ4n) is 4.26. The Hall–Kier alpha value is -1.50. The highest BCUT2D eigenvalue weighted by atomic mass is 16.5. The molecular weight excluding hydrogens is 340 g/mol. The Bertz CT molecular complexity index is 655. The molecule has 3 aliphatic rings. The normalized spacial score (nSPS) is 25.6. The van der Waals surface area contributed by atoms with Crippen LogP contribution in [0.3, 0.4) is 0 Å². The van der Waals surface area contributed by atoms with Crippen molar-refractivity contribution in [3.05, 3.63) is 30.1 Å². The molecule has 6 heteroatoms. The number of rotatable bonds is 6. The molecule has 1 spiro atoms. The molecule has 27 heavy (non-hydrogen) atoms. The van der Waals surface area contributed by atoms with Crippen molar-refractivity contribution in [2.24, 2.45) is 5.92 Å². The Kier molecular flexibility index (Phi) is 5.23. The number of morpholine rings is 1. The molecule has 1 aromatic rings. The second-order valence-electron chi connectivity index (χ2n) is 8.90. The number of likely N-dealkylation sites (tertiary alicyclic amines) is 1. The zero-order valence-corrected chi connectivity index (χ0v) is 16.8. The molecule has 1 aliphatic carbocycles. The Balaban J connectivity index is 1.41. The van der Waals surface area contributed by atoms with Crippen LogP contribution in [0.4, 0.5) is 0 Å². The SMILES string of the molecule is CC(C)N1CC2(C1)CN(CC1CC1)C(C(=O)N(C)Cc1ccccn1)CO2. The fraction of sp³-hybridized carbons (Fsp3) is 0.714. The lowest BCUT2D eigenvalue weighted by Gasteiger charge is -2.57. The average molecular weight is 373 g/mol. The van der Waals surface area contributed by atoms with Gasteiger partial charge in [0.25, 0.3) is 0 Å². The summed E-state index contributed by atoms with van der Waals surface area (Å²) in [5.74, 6) is 0.911. The molecule has 0 radical (unpaired) electrons. The van der Waals surface area contributed by atoms with Crippen molar-refractivity contribution >= 4 is 5.91 Å². The minimum absolute atomic E-state index is 0.0739. The van der Waals surface area contributed by atoms with Crippen LogP contribution in [0.15, 0.2) is 24.4 Å². The van der Waals surface area contributed by atoms with E-state index < -0.39 is 0 Å². The summed E-state index contributed by atoms with van der Waals surface area (Å²) in [6, 6.07) is 6.21. The van der Waals surface area contributed by atoms with Gasteiger partial charge in [0.05, 0.1) is 18.8 Å². The Labute approximate surface area is 162 Å². The van der Waals surface area contributed by atoms with Gasteiger partial charge in [-0.25, -0.2) is 0 Å². The van der Waals surface area contributed by atoms with Crippen molar-refractivity contribution in [2.45, 2.75) is 50.9 Å². The first kappa shape index (κ1) is 18.8. The minimum Gasteiger partial charge on any atom is -0.369 e. The summed E-state index contributed by atoms with van der Waals surface area (Å²) in [5.41, 5.74) is 0.844. The quantitative estimate of drug-likeness (QED) is 0.759. The lowest BCUT2D eigenvalue weighted by Crippen LogP contribution is -2.73. The minimum atomic E-state index is -0.168. The summed E-state index contributed by atoms with van der Waals surface area (Å²) < 4.78 is 6.30. The summed E-state index contributed by atoms with van der Waals surface area (Å²) >= 11 is 0. The second-order valence-corrected chi connectivity index (χ2v) is 8.90. The zero-order chi connectivity index (χ0) is 19.0. The lowest BCUT2D eigenvalue weighted by atomic mass is 9.89. The van der Waals surface area contributed by atoms with Crippen LogP contribution in [0.25, 0.3) is 0 Å². The molecule has 1 amide bonds. The summed E-state index contributed by atoms with van der Waals surface area (Å²) in [4.78, 5) is 24.2. The number of aromatic nitrogens is 1. The number of nitrogens with zero attached hydrogens (tertiary/aromatic N) is 4. The third-order valence-corrected chi connectivity index (χ3v) is 6.17. The predicted molar refractivity (Wildman–Crippen MR) is 104 cm³/mol. The second kappa shape index (κ2) is 7.49. The maximum Gasteiger partial charge on any atom is 0.242 e. The van der Waals surface area contributed by atoms with Crippen molar-refractivity contribution in [1.82, 2.24) is 19.7 Å². The van der Waals surface area contributed by atoms with Crippen LogP contribution in [0, 0.1) is 5.92 Å². The van der Waals surface area contributed by atoms with E-state index in [1.165, 1.54) is 12.8 Å².